The highest BCUT2D eigenvalue weighted by Gasteiger charge is 2.17. The number of anilines is 1. The highest BCUT2D eigenvalue weighted by atomic mass is 16.5. The molecule has 0 spiro atoms. The summed E-state index contributed by atoms with van der Waals surface area (Å²) in [6.45, 7) is 1.74. The summed E-state index contributed by atoms with van der Waals surface area (Å²) in [5, 5.41) is 2.74. The lowest BCUT2D eigenvalue weighted by atomic mass is 10.1. The fraction of sp³-hybridized carbons (Fsp3) is 0.294. The van der Waals surface area contributed by atoms with Gasteiger partial charge >= 0.3 is 0 Å². The van der Waals surface area contributed by atoms with Crippen LogP contribution in [0.5, 0.6) is 5.75 Å². The van der Waals surface area contributed by atoms with E-state index >= 15 is 0 Å². The topological polar surface area (TPSA) is 51.2 Å². The van der Waals surface area contributed by atoms with Crippen molar-refractivity contribution >= 4 is 11.7 Å². The minimum absolute atomic E-state index is 0.200. The molecule has 0 unspecified atom stereocenters. The lowest BCUT2D eigenvalue weighted by Gasteiger charge is -2.15. The molecule has 4 heteroatoms. The van der Waals surface area contributed by atoms with E-state index in [2.05, 4.69) is 16.4 Å². The Kier molecular flexibility index (Phi) is 3.86. The van der Waals surface area contributed by atoms with E-state index in [0.29, 0.717) is 5.82 Å². The quantitative estimate of drug-likeness (QED) is 0.938. The molecule has 4 nitrogen and oxygen atoms in total. The van der Waals surface area contributed by atoms with Crippen LogP contribution in [-0.4, -0.2) is 17.0 Å². The van der Waals surface area contributed by atoms with Crippen molar-refractivity contribution in [3.63, 3.8) is 0 Å². The van der Waals surface area contributed by atoms with E-state index in [0.717, 1.165) is 18.6 Å². The fourth-order valence-corrected chi connectivity index (χ4v) is 2.54. The van der Waals surface area contributed by atoms with Crippen molar-refractivity contribution in [1.29, 1.82) is 0 Å². The zero-order valence-electron chi connectivity index (χ0n) is 12.0. The van der Waals surface area contributed by atoms with Crippen LogP contribution in [0.2, 0.25) is 0 Å². The summed E-state index contributed by atoms with van der Waals surface area (Å²) < 4.78 is 5.73. The maximum absolute atomic E-state index is 12.1. The minimum atomic E-state index is -0.563. The van der Waals surface area contributed by atoms with Crippen LogP contribution in [-0.2, 0) is 17.6 Å². The number of hydrogen-bond acceptors (Lipinski definition) is 3. The van der Waals surface area contributed by atoms with Gasteiger partial charge in [-0.05, 0) is 61.6 Å². The van der Waals surface area contributed by atoms with E-state index in [1.807, 2.05) is 18.2 Å². The summed E-state index contributed by atoms with van der Waals surface area (Å²) in [6, 6.07) is 11.5. The number of aromatic nitrogens is 1. The number of aryl methyl sites for hydroxylation is 2. The summed E-state index contributed by atoms with van der Waals surface area (Å²) in [7, 11) is 0. The monoisotopic (exact) mass is 282 g/mol. The van der Waals surface area contributed by atoms with E-state index in [1.54, 1.807) is 25.3 Å². The van der Waals surface area contributed by atoms with Crippen LogP contribution in [0.15, 0.2) is 42.6 Å². The van der Waals surface area contributed by atoms with Gasteiger partial charge in [0.2, 0.25) is 0 Å². The van der Waals surface area contributed by atoms with Gasteiger partial charge in [-0.15, -0.1) is 0 Å². The number of carbonyl (C=O) groups is 1. The largest absolute Gasteiger partial charge is 0.481 e. The molecule has 21 heavy (non-hydrogen) atoms. The Morgan fingerprint density at radius 1 is 1.24 bits per heavy atom. The van der Waals surface area contributed by atoms with E-state index in [9.17, 15) is 4.79 Å². The number of ether oxygens (including phenoxy) is 1. The number of fused-ring (bicyclic) bond motifs is 1. The Labute approximate surface area is 124 Å². The zero-order valence-corrected chi connectivity index (χ0v) is 12.0. The first-order valence-corrected chi connectivity index (χ1v) is 7.23. The second-order valence-corrected chi connectivity index (χ2v) is 5.25. The van der Waals surface area contributed by atoms with Crippen molar-refractivity contribution in [3.8, 4) is 5.75 Å². The molecule has 1 amide bonds. The molecule has 1 atom stereocenters. The van der Waals surface area contributed by atoms with Crippen molar-refractivity contribution in [2.75, 3.05) is 5.32 Å². The zero-order chi connectivity index (χ0) is 14.7. The van der Waals surface area contributed by atoms with E-state index < -0.39 is 6.10 Å². The van der Waals surface area contributed by atoms with Gasteiger partial charge in [-0.2, -0.15) is 0 Å². The molecule has 0 aliphatic heterocycles. The molecule has 2 aromatic rings. The van der Waals surface area contributed by atoms with Crippen molar-refractivity contribution < 1.29 is 9.53 Å². The standard InChI is InChI=1S/C17H18N2O2/c1-12(17(20)19-16-7-2-3-10-18-16)21-15-9-8-13-5-4-6-14(13)11-15/h2-3,7-12H,4-6H2,1H3,(H,18,19,20)/t12-/m1/s1. The van der Waals surface area contributed by atoms with Crippen LogP contribution in [0, 0.1) is 0 Å². The predicted octanol–water partition coefficient (Wildman–Crippen LogP) is 2.98. The van der Waals surface area contributed by atoms with Gasteiger partial charge < -0.3 is 10.1 Å². The summed E-state index contributed by atoms with van der Waals surface area (Å²) in [5.41, 5.74) is 2.73. The van der Waals surface area contributed by atoms with Gasteiger partial charge in [-0.3, -0.25) is 4.79 Å². The molecule has 3 rings (SSSR count). The molecule has 0 saturated carbocycles. The van der Waals surface area contributed by atoms with Crippen LogP contribution in [0.4, 0.5) is 5.82 Å². The van der Waals surface area contributed by atoms with Crippen LogP contribution in [0.25, 0.3) is 0 Å². The van der Waals surface area contributed by atoms with Gasteiger partial charge in [-0.1, -0.05) is 12.1 Å². The van der Waals surface area contributed by atoms with Crippen molar-refractivity contribution in [1.82, 2.24) is 4.98 Å². The summed E-state index contributed by atoms with van der Waals surface area (Å²) in [5.74, 6) is 1.08. The van der Waals surface area contributed by atoms with Crippen molar-refractivity contribution in [2.45, 2.75) is 32.3 Å². The number of nitrogens with zero attached hydrogens (tertiary/aromatic N) is 1. The molecule has 0 fully saturated rings. The van der Waals surface area contributed by atoms with Crippen LogP contribution in [0.3, 0.4) is 0 Å². The summed E-state index contributed by atoms with van der Waals surface area (Å²) >= 11 is 0. The number of carbonyl (C=O) groups excluding carboxylic acids is 1. The summed E-state index contributed by atoms with van der Waals surface area (Å²) in [4.78, 5) is 16.1. The lowest BCUT2D eigenvalue weighted by molar-refractivity contribution is -0.122. The molecule has 1 aliphatic carbocycles. The van der Waals surface area contributed by atoms with Crippen LogP contribution in [0.1, 0.15) is 24.5 Å². The molecular formula is C17H18N2O2. The van der Waals surface area contributed by atoms with E-state index in [-0.39, 0.29) is 5.91 Å². The number of amides is 1. The minimum Gasteiger partial charge on any atom is -0.481 e. The molecule has 0 bridgehead atoms. The number of hydrogen-bond donors (Lipinski definition) is 1. The highest BCUT2D eigenvalue weighted by molar-refractivity contribution is 5.93. The third-order valence-electron chi connectivity index (χ3n) is 3.67. The fourth-order valence-electron chi connectivity index (χ4n) is 2.54. The van der Waals surface area contributed by atoms with Crippen molar-refractivity contribution in [3.05, 3.63) is 53.7 Å². The number of benzene rings is 1. The Hall–Kier alpha value is -2.36. The SMILES string of the molecule is C[C@@H](Oc1ccc2c(c1)CCC2)C(=O)Nc1ccccn1. The average molecular weight is 282 g/mol. The maximum Gasteiger partial charge on any atom is 0.266 e. The number of pyridine rings is 1. The molecule has 108 valence electrons. The Balaban J connectivity index is 1.63. The second kappa shape index (κ2) is 5.95. The first kappa shape index (κ1) is 13.6. The van der Waals surface area contributed by atoms with Gasteiger partial charge in [0.15, 0.2) is 6.10 Å². The van der Waals surface area contributed by atoms with Gasteiger partial charge in [0.25, 0.3) is 5.91 Å². The maximum atomic E-state index is 12.1. The molecule has 0 saturated heterocycles. The lowest BCUT2D eigenvalue weighted by Crippen LogP contribution is -2.30. The second-order valence-electron chi connectivity index (χ2n) is 5.25. The van der Waals surface area contributed by atoms with Gasteiger partial charge in [0, 0.05) is 6.20 Å². The molecule has 1 aromatic carbocycles. The first-order valence-electron chi connectivity index (χ1n) is 7.23. The van der Waals surface area contributed by atoms with Gasteiger partial charge in [0.05, 0.1) is 0 Å². The Morgan fingerprint density at radius 3 is 2.90 bits per heavy atom. The molecular weight excluding hydrogens is 264 g/mol. The van der Waals surface area contributed by atoms with Crippen LogP contribution < -0.4 is 10.1 Å². The van der Waals surface area contributed by atoms with E-state index in [4.69, 9.17) is 4.74 Å². The Morgan fingerprint density at radius 2 is 2.10 bits per heavy atom. The first-order chi connectivity index (χ1) is 10.2. The van der Waals surface area contributed by atoms with Gasteiger partial charge in [-0.25, -0.2) is 4.98 Å². The molecule has 0 radical (unpaired) electrons. The average Bonchev–Trinajstić information content (AvgIpc) is 2.95. The highest BCUT2D eigenvalue weighted by Crippen LogP contribution is 2.26. The number of nitrogens with one attached hydrogen (secondary N) is 1. The molecule has 1 aliphatic rings. The summed E-state index contributed by atoms with van der Waals surface area (Å²) in [6.07, 6.45) is 4.52. The normalized spacial score (nSPS) is 14.3. The molecule has 1 heterocycles. The van der Waals surface area contributed by atoms with Gasteiger partial charge in [0.1, 0.15) is 11.6 Å². The molecule has 1 N–H and O–H groups in total. The third kappa shape index (κ3) is 3.21. The van der Waals surface area contributed by atoms with E-state index in [1.165, 1.54) is 17.5 Å². The third-order valence-corrected chi connectivity index (χ3v) is 3.67. The smallest absolute Gasteiger partial charge is 0.266 e. The number of rotatable bonds is 4. The van der Waals surface area contributed by atoms with Crippen LogP contribution >= 0.6 is 0 Å². The van der Waals surface area contributed by atoms with Crippen molar-refractivity contribution in [2.24, 2.45) is 0 Å². The predicted molar refractivity (Wildman–Crippen MR) is 81.4 cm³/mol. The molecule has 1 aromatic heterocycles. The Bertz CT molecular complexity index is 640.